The minimum Gasteiger partial charge on any atom is -0.383 e. The molecule has 0 fully saturated rings. The Morgan fingerprint density at radius 1 is 1.41 bits per heavy atom. The molecule has 0 aliphatic heterocycles. The quantitative estimate of drug-likeness (QED) is 0.813. The third-order valence-electron chi connectivity index (χ3n) is 2.73. The summed E-state index contributed by atoms with van der Waals surface area (Å²) in [4.78, 5) is 12.0. The second-order valence-corrected chi connectivity index (χ2v) is 3.92. The number of para-hydroxylation sites is 1. The molecule has 4 heteroatoms. The van der Waals surface area contributed by atoms with E-state index in [0.717, 1.165) is 10.9 Å². The summed E-state index contributed by atoms with van der Waals surface area (Å²) in [6.07, 6.45) is 1.85. The molecule has 0 radical (unpaired) electrons. The van der Waals surface area contributed by atoms with Crippen LogP contribution in [0.25, 0.3) is 10.9 Å². The number of nitrogens with zero attached hydrogens (tertiary/aromatic N) is 1. The van der Waals surface area contributed by atoms with Crippen molar-refractivity contribution in [2.75, 3.05) is 20.3 Å². The summed E-state index contributed by atoms with van der Waals surface area (Å²) in [5.41, 5.74) is 1.77. The van der Waals surface area contributed by atoms with E-state index in [1.165, 1.54) is 0 Å². The van der Waals surface area contributed by atoms with Crippen LogP contribution in [0.15, 0.2) is 30.5 Å². The molecule has 4 nitrogen and oxygen atoms in total. The SMILES string of the molecule is COCCNC(=O)c1cn(C)c2ccccc12. The first kappa shape index (κ1) is 11.7. The van der Waals surface area contributed by atoms with Crippen LogP contribution in [0.3, 0.4) is 0 Å². The third-order valence-corrected chi connectivity index (χ3v) is 2.73. The van der Waals surface area contributed by atoms with E-state index in [2.05, 4.69) is 5.32 Å². The molecule has 0 aliphatic rings. The van der Waals surface area contributed by atoms with Gasteiger partial charge in [-0.1, -0.05) is 18.2 Å². The molecule has 17 heavy (non-hydrogen) atoms. The molecule has 0 aliphatic carbocycles. The van der Waals surface area contributed by atoms with Crippen molar-refractivity contribution in [3.8, 4) is 0 Å². The van der Waals surface area contributed by atoms with Crippen molar-refractivity contribution in [1.82, 2.24) is 9.88 Å². The van der Waals surface area contributed by atoms with Gasteiger partial charge in [-0.2, -0.15) is 0 Å². The summed E-state index contributed by atoms with van der Waals surface area (Å²) in [6.45, 7) is 1.05. The number of carbonyl (C=O) groups is 1. The van der Waals surface area contributed by atoms with Gasteiger partial charge in [0.25, 0.3) is 5.91 Å². The molecule has 1 aromatic carbocycles. The van der Waals surface area contributed by atoms with Gasteiger partial charge in [0.15, 0.2) is 0 Å². The topological polar surface area (TPSA) is 43.3 Å². The number of fused-ring (bicyclic) bond motifs is 1. The van der Waals surface area contributed by atoms with E-state index < -0.39 is 0 Å². The first-order valence-electron chi connectivity index (χ1n) is 5.55. The molecule has 1 heterocycles. The Labute approximate surface area is 100 Å². The van der Waals surface area contributed by atoms with Gasteiger partial charge in [-0.15, -0.1) is 0 Å². The Bertz CT molecular complexity index is 531. The number of aromatic nitrogens is 1. The molecule has 0 saturated heterocycles. The maximum atomic E-state index is 12.0. The minimum atomic E-state index is -0.0566. The molecule has 2 aromatic rings. The van der Waals surface area contributed by atoms with E-state index in [1.54, 1.807) is 7.11 Å². The fourth-order valence-corrected chi connectivity index (χ4v) is 1.88. The number of nitrogens with one attached hydrogen (secondary N) is 1. The van der Waals surface area contributed by atoms with Crippen molar-refractivity contribution in [1.29, 1.82) is 0 Å². The Kier molecular flexibility index (Phi) is 3.44. The van der Waals surface area contributed by atoms with E-state index in [9.17, 15) is 4.79 Å². The van der Waals surface area contributed by atoms with Gasteiger partial charge in [-0.05, 0) is 6.07 Å². The molecular formula is C13H16N2O2. The van der Waals surface area contributed by atoms with E-state index in [1.807, 2.05) is 42.1 Å². The average molecular weight is 232 g/mol. The van der Waals surface area contributed by atoms with Gasteiger partial charge in [0.05, 0.1) is 12.2 Å². The number of hydrogen-bond donors (Lipinski definition) is 1. The van der Waals surface area contributed by atoms with Crippen molar-refractivity contribution in [3.05, 3.63) is 36.0 Å². The standard InChI is InChI=1S/C13H16N2O2/c1-15-9-11(13(16)14-7-8-17-2)10-5-3-4-6-12(10)15/h3-6,9H,7-8H2,1-2H3,(H,14,16). The van der Waals surface area contributed by atoms with Gasteiger partial charge in [0, 0.05) is 37.8 Å². The molecule has 0 atom stereocenters. The lowest BCUT2D eigenvalue weighted by Gasteiger charge is -2.02. The van der Waals surface area contributed by atoms with Crippen LogP contribution in [0.2, 0.25) is 0 Å². The second-order valence-electron chi connectivity index (χ2n) is 3.92. The summed E-state index contributed by atoms with van der Waals surface area (Å²) in [5.74, 6) is -0.0566. The van der Waals surface area contributed by atoms with Gasteiger partial charge >= 0.3 is 0 Å². The van der Waals surface area contributed by atoms with Gasteiger partial charge < -0.3 is 14.6 Å². The second kappa shape index (κ2) is 5.01. The number of ether oxygens (including phenoxy) is 1. The maximum Gasteiger partial charge on any atom is 0.253 e. The van der Waals surface area contributed by atoms with Crippen LogP contribution >= 0.6 is 0 Å². The zero-order valence-corrected chi connectivity index (χ0v) is 10.1. The predicted molar refractivity (Wildman–Crippen MR) is 67.1 cm³/mol. The zero-order valence-electron chi connectivity index (χ0n) is 10.1. The van der Waals surface area contributed by atoms with Gasteiger partial charge in [0.2, 0.25) is 0 Å². The monoisotopic (exact) mass is 232 g/mol. The van der Waals surface area contributed by atoms with Crippen LogP contribution in [-0.2, 0) is 11.8 Å². The van der Waals surface area contributed by atoms with Crippen LogP contribution in [0.4, 0.5) is 0 Å². The highest BCUT2D eigenvalue weighted by Crippen LogP contribution is 2.19. The Morgan fingerprint density at radius 2 is 2.18 bits per heavy atom. The van der Waals surface area contributed by atoms with E-state index >= 15 is 0 Å². The van der Waals surface area contributed by atoms with Crippen molar-refractivity contribution < 1.29 is 9.53 Å². The molecule has 1 N–H and O–H groups in total. The summed E-state index contributed by atoms with van der Waals surface area (Å²) in [7, 11) is 3.55. The Balaban J connectivity index is 2.26. The first-order valence-corrected chi connectivity index (χ1v) is 5.55. The molecular weight excluding hydrogens is 216 g/mol. The largest absolute Gasteiger partial charge is 0.383 e. The lowest BCUT2D eigenvalue weighted by atomic mass is 10.1. The summed E-state index contributed by atoms with van der Waals surface area (Å²) < 4.78 is 6.86. The normalized spacial score (nSPS) is 10.7. The number of rotatable bonds is 4. The number of amides is 1. The van der Waals surface area contributed by atoms with E-state index in [-0.39, 0.29) is 5.91 Å². The van der Waals surface area contributed by atoms with Crippen molar-refractivity contribution in [3.63, 3.8) is 0 Å². The highest BCUT2D eigenvalue weighted by atomic mass is 16.5. The maximum absolute atomic E-state index is 12.0. The lowest BCUT2D eigenvalue weighted by molar-refractivity contribution is 0.0938. The average Bonchev–Trinajstić information content (AvgIpc) is 2.68. The Morgan fingerprint density at radius 3 is 2.94 bits per heavy atom. The number of carbonyl (C=O) groups excluding carboxylic acids is 1. The fraction of sp³-hybridized carbons (Fsp3) is 0.308. The van der Waals surface area contributed by atoms with Gasteiger partial charge in [0.1, 0.15) is 0 Å². The number of aryl methyl sites for hydroxylation is 1. The molecule has 0 spiro atoms. The molecule has 0 saturated carbocycles. The van der Waals surface area contributed by atoms with Gasteiger partial charge in [-0.25, -0.2) is 0 Å². The van der Waals surface area contributed by atoms with Crippen molar-refractivity contribution in [2.45, 2.75) is 0 Å². The Hall–Kier alpha value is -1.81. The predicted octanol–water partition coefficient (Wildman–Crippen LogP) is 1.55. The first-order chi connectivity index (χ1) is 8.24. The summed E-state index contributed by atoms with van der Waals surface area (Å²) in [5, 5.41) is 3.80. The molecule has 2 rings (SSSR count). The molecule has 90 valence electrons. The van der Waals surface area contributed by atoms with Crippen molar-refractivity contribution in [2.24, 2.45) is 7.05 Å². The van der Waals surface area contributed by atoms with E-state index in [4.69, 9.17) is 4.74 Å². The molecule has 0 bridgehead atoms. The highest BCUT2D eigenvalue weighted by Gasteiger charge is 2.12. The highest BCUT2D eigenvalue weighted by molar-refractivity contribution is 6.06. The van der Waals surface area contributed by atoms with Crippen LogP contribution < -0.4 is 5.32 Å². The molecule has 1 aromatic heterocycles. The number of benzene rings is 1. The zero-order chi connectivity index (χ0) is 12.3. The summed E-state index contributed by atoms with van der Waals surface area (Å²) >= 11 is 0. The molecule has 0 unspecified atom stereocenters. The minimum absolute atomic E-state index is 0.0566. The van der Waals surface area contributed by atoms with Crippen molar-refractivity contribution >= 4 is 16.8 Å². The van der Waals surface area contributed by atoms with Crippen LogP contribution in [0, 0.1) is 0 Å². The van der Waals surface area contributed by atoms with Gasteiger partial charge in [-0.3, -0.25) is 4.79 Å². The fourth-order valence-electron chi connectivity index (χ4n) is 1.88. The van der Waals surface area contributed by atoms with Crippen LogP contribution in [0.1, 0.15) is 10.4 Å². The third kappa shape index (κ3) is 2.31. The van der Waals surface area contributed by atoms with Crippen LogP contribution in [-0.4, -0.2) is 30.7 Å². The van der Waals surface area contributed by atoms with Crippen LogP contribution in [0.5, 0.6) is 0 Å². The number of methoxy groups -OCH3 is 1. The molecule has 1 amide bonds. The number of hydrogen-bond acceptors (Lipinski definition) is 2. The summed E-state index contributed by atoms with van der Waals surface area (Å²) in [6, 6.07) is 7.87. The van der Waals surface area contributed by atoms with E-state index in [0.29, 0.717) is 18.7 Å². The smallest absolute Gasteiger partial charge is 0.253 e. The lowest BCUT2D eigenvalue weighted by Crippen LogP contribution is -2.26.